The van der Waals surface area contributed by atoms with E-state index in [1.54, 1.807) is 6.07 Å². The number of nitrogens with zero attached hydrogens (tertiary/aromatic N) is 1. The van der Waals surface area contributed by atoms with Gasteiger partial charge in [0.1, 0.15) is 0 Å². The van der Waals surface area contributed by atoms with Gasteiger partial charge in [-0.2, -0.15) is 0 Å². The van der Waals surface area contributed by atoms with Crippen molar-refractivity contribution in [1.29, 1.82) is 0 Å². The van der Waals surface area contributed by atoms with Gasteiger partial charge in [-0.3, -0.25) is 9.59 Å². The molecule has 0 aromatic heterocycles. The summed E-state index contributed by atoms with van der Waals surface area (Å²) >= 11 is 6.07. The van der Waals surface area contributed by atoms with E-state index >= 15 is 0 Å². The number of benzene rings is 1. The molecule has 0 spiro atoms. The van der Waals surface area contributed by atoms with Gasteiger partial charge in [0.2, 0.25) is 0 Å². The highest BCUT2D eigenvalue weighted by atomic mass is 35.5. The largest absolute Gasteiger partial charge is 0.481 e. The van der Waals surface area contributed by atoms with Gasteiger partial charge < -0.3 is 20.6 Å². The summed E-state index contributed by atoms with van der Waals surface area (Å²) in [5.41, 5.74) is 0.756. The van der Waals surface area contributed by atoms with E-state index < -0.39 is 12.0 Å². The molecule has 0 saturated carbocycles. The lowest BCUT2D eigenvalue weighted by Crippen LogP contribution is -2.33. The Morgan fingerprint density at radius 2 is 2.00 bits per heavy atom. The predicted octanol–water partition coefficient (Wildman–Crippen LogP) is 2.42. The lowest BCUT2D eigenvalue weighted by atomic mass is 10.2. The van der Waals surface area contributed by atoms with Crippen LogP contribution < -0.4 is 10.6 Å². The van der Waals surface area contributed by atoms with Gasteiger partial charge in [0.25, 0.3) is 5.91 Å². The van der Waals surface area contributed by atoms with Crippen LogP contribution in [0.15, 0.2) is 18.2 Å². The number of nitrogens with one attached hydrogen (secondary N) is 2. The lowest BCUT2D eigenvalue weighted by molar-refractivity contribution is -0.137. The highest BCUT2D eigenvalue weighted by Crippen LogP contribution is 2.21. The van der Waals surface area contributed by atoms with Crippen LogP contribution >= 0.6 is 11.6 Å². The fourth-order valence-electron chi connectivity index (χ4n) is 1.69. The van der Waals surface area contributed by atoms with Gasteiger partial charge in [0, 0.05) is 25.8 Å². The molecule has 1 aromatic rings. The van der Waals surface area contributed by atoms with Crippen molar-refractivity contribution in [3.05, 3.63) is 28.8 Å². The zero-order valence-electron chi connectivity index (χ0n) is 13.1. The molecule has 0 unspecified atom stereocenters. The first-order chi connectivity index (χ1) is 10.8. The van der Waals surface area contributed by atoms with Crippen molar-refractivity contribution in [2.45, 2.75) is 19.8 Å². The minimum absolute atomic E-state index is 0.0897. The van der Waals surface area contributed by atoms with Gasteiger partial charge >= 0.3 is 12.0 Å². The third-order valence-corrected chi connectivity index (χ3v) is 3.32. The SMILES string of the molecule is CCCNC(=O)c1ccc(NC(=O)N(C)CCC(=O)O)cc1Cl. The van der Waals surface area contributed by atoms with Crippen molar-refractivity contribution < 1.29 is 19.5 Å². The summed E-state index contributed by atoms with van der Waals surface area (Å²) in [7, 11) is 1.49. The molecule has 0 bridgehead atoms. The number of rotatable bonds is 7. The summed E-state index contributed by atoms with van der Waals surface area (Å²) in [6.45, 7) is 2.59. The zero-order chi connectivity index (χ0) is 17.4. The van der Waals surface area contributed by atoms with Crippen LogP contribution in [0.25, 0.3) is 0 Å². The molecule has 0 aliphatic rings. The molecule has 0 aliphatic heterocycles. The number of hydrogen-bond acceptors (Lipinski definition) is 3. The molecule has 7 nitrogen and oxygen atoms in total. The number of carbonyl (C=O) groups excluding carboxylic acids is 2. The Morgan fingerprint density at radius 1 is 1.30 bits per heavy atom. The van der Waals surface area contributed by atoms with Crippen LogP contribution in [0.2, 0.25) is 5.02 Å². The first-order valence-corrected chi connectivity index (χ1v) is 7.54. The maximum absolute atomic E-state index is 11.9. The van der Waals surface area contributed by atoms with E-state index in [1.807, 2.05) is 6.92 Å². The van der Waals surface area contributed by atoms with Crippen LogP contribution in [0.3, 0.4) is 0 Å². The predicted molar refractivity (Wildman–Crippen MR) is 88.0 cm³/mol. The number of anilines is 1. The number of amides is 3. The van der Waals surface area contributed by atoms with Crippen LogP contribution in [-0.2, 0) is 4.79 Å². The second kappa shape index (κ2) is 8.99. The Labute approximate surface area is 139 Å². The van der Waals surface area contributed by atoms with E-state index in [0.29, 0.717) is 17.8 Å². The quantitative estimate of drug-likeness (QED) is 0.709. The minimum atomic E-state index is -0.977. The molecule has 126 valence electrons. The summed E-state index contributed by atoms with van der Waals surface area (Å²) in [4.78, 5) is 35.5. The number of hydrogen-bond donors (Lipinski definition) is 3. The second-order valence-electron chi connectivity index (χ2n) is 4.95. The first kappa shape index (κ1) is 18.8. The standard InChI is InChI=1S/C15H20ClN3O4/c1-3-7-17-14(22)11-5-4-10(9-12(11)16)18-15(23)19(2)8-6-13(20)21/h4-5,9H,3,6-8H2,1-2H3,(H,17,22)(H,18,23)(H,20,21). The molecule has 0 atom stereocenters. The fraction of sp³-hybridized carbons (Fsp3) is 0.400. The Kier molecular flexibility index (Phi) is 7.34. The summed E-state index contributed by atoms with van der Waals surface area (Å²) in [6, 6.07) is 4.12. The number of carbonyl (C=O) groups is 3. The van der Waals surface area contributed by atoms with Crippen molar-refractivity contribution in [3.8, 4) is 0 Å². The van der Waals surface area contributed by atoms with Gasteiger partial charge in [-0.15, -0.1) is 0 Å². The van der Waals surface area contributed by atoms with Crippen LogP contribution in [0.4, 0.5) is 10.5 Å². The van der Waals surface area contributed by atoms with Gasteiger partial charge in [-0.1, -0.05) is 18.5 Å². The molecule has 0 saturated heterocycles. The van der Waals surface area contributed by atoms with E-state index in [1.165, 1.54) is 24.1 Å². The highest BCUT2D eigenvalue weighted by molar-refractivity contribution is 6.34. The number of aliphatic carboxylic acids is 1. The highest BCUT2D eigenvalue weighted by Gasteiger charge is 2.13. The third-order valence-electron chi connectivity index (χ3n) is 3.01. The Balaban J connectivity index is 2.68. The van der Waals surface area contributed by atoms with E-state index in [0.717, 1.165) is 6.42 Å². The molecule has 0 radical (unpaired) electrons. The Bertz CT molecular complexity index is 592. The number of halogens is 1. The van der Waals surface area contributed by atoms with E-state index in [9.17, 15) is 14.4 Å². The molecule has 3 amide bonds. The van der Waals surface area contributed by atoms with Gasteiger partial charge in [0.15, 0.2) is 0 Å². The molecule has 8 heteroatoms. The smallest absolute Gasteiger partial charge is 0.321 e. The normalized spacial score (nSPS) is 10.0. The molecule has 0 aliphatic carbocycles. The maximum atomic E-state index is 11.9. The van der Waals surface area contributed by atoms with Crippen LogP contribution in [0.1, 0.15) is 30.1 Å². The summed E-state index contributed by atoms with van der Waals surface area (Å²) in [6.07, 6.45) is 0.682. The van der Waals surface area contributed by atoms with Gasteiger partial charge in [-0.25, -0.2) is 4.79 Å². The summed E-state index contributed by atoms with van der Waals surface area (Å²) in [5, 5.41) is 14.1. The average Bonchev–Trinajstić information content (AvgIpc) is 2.50. The minimum Gasteiger partial charge on any atom is -0.481 e. The molecular weight excluding hydrogens is 322 g/mol. The molecule has 0 heterocycles. The number of carboxylic acid groups (broad SMARTS) is 1. The van der Waals surface area contributed by atoms with Crippen molar-refractivity contribution in [2.24, 2.45) is 0 Å². The molecule has 1 aromatic carbocycles. The molecule has 3 N–H and O–H groups in total. The van der Waals surface area contributed by atoms with Crippen molar-refractivity contribution >= 4 is 35.2 Å². The lowest BCUT2D eigenvalue weighted by Gasteiger charge is -2.17. The van der Waals surface area contributed by atoms with Gasteiger partial charge in [-0.05, 0) is 24.6 Å². The summed E-state index contributed by atoms with van der Waals surface area (Å²) < 4.78 is 0. The first-order valence-electron chi connectivity index (χ1n) is 7.16. The third kappa shape index (κ3) is 6.15. The van der Waals surface area contributed by atoms with E-state index in [-0.39, 0.29) is 23.9 Å². The topological polar surface area (TPSA) is 98.7 Å². The van der Waals surface area contributed by atoms with Crippen LogP contribution in [0, 0.1) is 0 Å². The monoisotopic (exact) mass is 341 g/mol. The van der Waals surface area contributed by atoms with Crippen LogP contribution in [-0.4, -0.2) is 48.1 Å². The molecular formula is C15H20ClN3O4. The number of urea groups is 1. The maximum Gasteiger partial charge on any atom is 0.321 e. The van der Waals surface area contributed by atoms with Gasteiger partial charge in [0.05, 0.1) is 17.0 Å². The van der Waals surface area contributed by atoms with Crippen molar-refractivity contribution in [2.75, 3.05) is 25.5 Å². The molecule has 23 heavy (non-hydrogen) atoms. The number of carboxylic acids is 1. The molecule has 0 fully saturated rings. The zero-order valence-corrected chi connectivity index (χ0v) is 13.8. The second-order valence-corrected chi connectivity index (χ2v) is 5.35. The fourth-order valence-corrected chi connectivity index (χ4v) is 1.96. The van der Waals surface area contributed by atoms with Crippen molar-refractivity contribution in [3.63, 3.8) is 0 Å². The summed E-state index contributed by atoms with van der Waals surface area (Å²) in [5.74, 6) is -1.25. The average molecular weight is 342 g/mol. The Hall–Kier alpha value is -2.28. The van der Waals surface area contributed by atoms with Crippen molar-refractivity contribution in [1.82, 2.24) is 10.2 Å². The van der Waals surface area contributed by atoms with E-state index in [4.69, 9.17) is 16.7 Å². The Morgan fingerprint density at radius 3 is 2.57 bits per heavy atom. The molecule has 1 rings (SSSR count). The van der Waals surface area contributed by atoms with Crippen LogP contribution in [0.5, 0.6) is 0 Å². The van der Waals surface area contributed by atoms with E-state index in [2.05, 4.69) is 10.6 Å².